The standard InChI is InChI=1S/C24H24ClFN6O6.C23H23ClFN5O4/c1-38-24(37)27-12-21(33)30-19(23(35)36)10-16(29-22(34)20-11-28-32-31-20)8-13-2-4-14(5-3-13)17-9-15(25)6-7-18(17)26;24-16-5-6-18(25)17(10-16)15-3-1-13(2-4-15)7-14(9-21(31)20-12-27-30-29-20)8-19(23(33)34)28-22(32)11-26/h2-7,9,11,16,19H,8,10,12H2,1H3,(H,27,37)(H,29,34)(H,30,33)(H,35,36)(H,28,31,32);1-6,10,12,14,19H,7-9,11,26H2,(H,28,32)(H,33,34)(H,27,29,30)/t16-,19-;14-,19-/m11/s1. The SMILES string of the molecule is COC(=O)NCC(=O)N[C@H](C[C@@H](Cc1ccc(-c2cc(Cl)ccc2F)cc1)NC(=O)c1cn[nH]n1)C(=O)O.NCC(=O)N[C@H](C[C@H](CC(=O)c1cn[nH]n1)Cc1ccc(-c2cc(Cl)ccc2F)cc1)C(=O)O. The van der Waals surface area contributed by atoms with E-state index < -0.39 is 78.0 Å². The third-order valence-corrected chi connectivity index (χ3v) is 11.1. The highest BCUT2D eigenvalue weighted by molar-refractivity contribution is 6.31. The molecule has 4 amide bonds. The molecule has 2 heterocycles. The number of amides is 4. The molecule has 0 saturated heterocycles. The van der Waals surface area contributed by atoms with Crippen LogP contribution in [0.1, 0.15) is 51.4 Å². The third kappa shape index (κ3) is 16.8. The second-order valence-corrected chi connectivity index (χ2v) is 16.7. The number of aromatic nitrogens is 6. The number of hydrogen-bond acceptors (Lipinski definition) is 13. The average molecular weight is 1030 g/mol. The molecule has 0 spiro atoms. The first-order valence-corrected chi connectivity index (χ1v) is 22.4. The molecule has 72 heavy (non-hydrogen) atoms. The number of carbonyl (C=O) groups is 7. The normalized spacial score (nSPS) is 12.4. The van der Waals surface area contributed by atoms with Crippen LogP contribution in [0.3, 0.4) is 0 Å². The van der Waals surface area contributed by atoms with Gasteiger partial charge in [-0.3, -0.25) is 19.2 Å². The van der Waals surface area contributed by atoms with E-state index in [9.17, 15) is 52.6 Å². The number of aromatic amines is 2. The summed E-state index contributed by atoms with van der Waals surface area (Å²) in [7, 11) is 1.12. The summed E-state index contributed by atoms with van der Waals surface area (Å²) in [6, 6.07) is 18.9. The van der Waals surface area contributed by atoms with E-state index in [4.69, 9.17) is 28.9 Å². The van der Waals surface area contributed by atoms with Crippen LogP contribution in [0.15, 0.2) is 97.3 Å². The zero-order chi connectivity index (χ0) is 52.3. The highest BCUT2D eigenvalue weighted by Crippen LogP contribution is 2.29. The van der Waals surface area contributed by atoms with Crippen LogP contribution >= 0.6 is 23.2 Å². The summed E-state index contributed by atoms with van der Waals surface area (Å²) in [5.41, 5.74) is 8.78. The lowest BCUT2D eigenvalue weighted by atomic mass is 9.87. The number of Topliss-reactive ketones (excluding diaryl/α,β-unsaturated/α-hetero) is 1. The molecule has 0 aliphatic rings. The predicted octanol–water partition coefficient (Wildman–Crippen LogP) is 4.53. The summed E-state index contributed by atoms with van der Waals surface area (Å²) in [4.78, 5) is 83.8. The number of rotatable bonds is 22. The number of ketones is 1. The Balaban J connectivity index is 0.000000269. The van der Waals surface area contributed by atoms with Crippen LogP contribution in [0.2, 0.25) is 10.0 Å². The number of nitrogens with zero attached hydrogens (tertiary/aromatic N) is 4. The molecule has 0 bridgehead atoms. The molecular formula is C47H47Cl2F2N11O10. The van der Waals surface area contributed by atoms with Gasteiger partial charge in [0.05, 0.1) is 26.0 Å². The lowest BCUT2D eigenvalue weighted by Crippen LogP contribution is -2.49. The van der Waals surface area contributed by atoms with Crippen LogP contribution in [0.4, 0.5) is 13.6 Å². The van der Waals surface area contributed by atoms with Crippen molar-refractivity contribution in [2.24, 2.45) is 11.7 Å². The van der Waals surface area contributed by atoms with Crippen molar-refractivity contribution < 1.29 is 57.3 Å². The maximum atomic E-state index is 14.2. The van der Waals surface area contributed by atoms with Gasteiger partial charge in [-0.05, 0) is 90.3 Å². The monoisotopic (exact) mass is 1030 g/mol. The predicted molar refractivity (Wildman–Crippen MR) is 255 cm³/mol. The molecule has 21 nitrogen and oxygen atoms in total. The van der Waals surface area contributed by atoms with E-state index in [1.54, 1.807) is 48.5 Å². The molecule has 6 aromatic rings. The van der Waals surface area contributed by atoms with Crippen LogP contribution in [-0.4, -0.2) is 121 Å². The molecule has 2 aromatic heterocycles. The lowest BCUT2D eigenvalue weighted by Gasteiger charge is -2.23. The summed E-state index contributed by atoms with van der Waals surface area (Å²) in [6.45, 7) is -0.859. The largest absolute Gasteiger partial charge is 0.480 e. The van der Waals surface area contributed by atoms with Crippen LogP contribution < -0.4 is 27.0 Å². The van der Waals surface area contributed by atoms with Gasteiger partial charge in [0.2, 0.25) is 11.8 Å². The quantitative estimate of drug-likeness (QED) is 0.0422. The van der Waals surface area contributed by atoms with Crippen molar-refractivity contribution in [3.05, 3.63) is 142 Å². The molecule has 0 radical (unpaired) electrons. The number of H-pyrrole nitrogens is 2. The molecule has 6 rings (SSSR count). The van der Waals surface area contributed by atoms with Crippen LogP contribution in [0, 0.1) is 17.6 Å². The number of hydrogen-bond donors (Lipinski definition) is 9. The van der Waals surface area contributed by atoms with Crippen molar-refractivity contribution in [1.29, 1.82) is 0 Å². The number of halogens is 4. The molecule has 0 aliphatic heterocycles. The zero-order valence-corrected chi connectivity index (χ0v) is 39.5. The number of alkyl carbamates (subject to hydrolysis) is 1. The van der Waals surface area contributed by atoms with E-state index >= 15 is 0 Å². The number of carbonyl (C=O) groups excluding carboxylic acids is 5. The van der Waals surface area contributed by atoms with Gasteiger partial charge in [0.1, 0.15) is 36.0 Å². The van der Waals surface area contributed by atoms with Crippen molar-refractivity contribution >= 4 is 64.7 Å². The van der Waals surface area contributed by atoms with E-state index in [0.717, 1.165) is 12.7 Å². The third-order valence-electron chi connectivity index (χ3n) is 10.7. The second-order valence-electron chi connectivity index (χ2n) is 15.9. The second kappa shape index (κ2) is 26.7. The van der Waals surface area contributed by atoms with Crippen molar-refractivity contribution in [2.75, 3.05) is 20.2 Å². The topological polar surface area (TPSA) is 326 Å². The molecular weight excluding hydrogens is 987 g/mol. The van der Waals surface area contributed by atoms with Crippen molar-refractivity contribution in [3.63, 3.8) is 0 Å². The van der Waals surface area contributed by atoms with E-state index in [0.29, 0.717) is 44.3 Å². The number of ether oxygens (including phenoxy) is 1. The number of carboxylic acid groups (broad SMARTS) is 2. The summed E-state index contributed by atoms with van der Waals surface area (Å²) in [5.74, 6) is -6.17. The number of methoxy groups -OCH3 is 1. The smallest absolute Gasteiger partial charge is 0.407 e. The van der Waals surface area contributed by atoms with Crippen LogP contribution in [0.5, 0.6) is 0 Å². The molecule has 4 atom stereocenters. The van der Waals surface area contributed by atoms with Gasteiger partial charge in [-0.25, -0.2) is 23.2 Å². The van der Waals surface area contributed by atoms with Crippen molar-refractivity contribution in [2.45, 2.75) is 50.2 Å². The van der Waals surface area contributed by atoms with E-state index in [-0.39, 0.29) is 49.4 Å². The minimum Gasteiger partial charge on any atom is -0.480 e. The van der Waals surface area contributed by atoms with Crippen LogP contribution in [-0.2, 0) is 36.8 Å². The van der Waals surface area contributed by atoms with Gasteiger partial charge >= 0.3 is 18.0 Å². The van der Waals surface area contributed by atoms with Gasteiger partial charge in [0.15, 0.2) is 11.5 Å². The Morgan fingerprint density at radius 3 is 1.67 bits per heavy atom. The molecule has 0 aliphatic carbocycles. The van der Waals surface area contributed by atoms with E-state index in [1.165, 1.54) is 48.8 Å². The summed E-state index contributed by atoms with van der Waals surface area (Å²) >= 11 is 12.0. The molecule has 10 N–H and O–H groups in total. The molecule has 4 aromatic carbocycles. The summed E-state index contributed by atoms with van der Waals surface area (Å²) in [5, 5.41) is 49.0. The Kier molecular flexibility index (Phi) is 20.3. The van der Waals surface area contributed by atoms with E-state index in [1.807, 2.05) is 0 Å². The molecule has 378 valence electrons. The first kappa shape index (κ1) is 54.8. The Labute approximate surface area is 418 Å². The number of carboxylic acids is 2. The summed E-state index contributed by atoms with van der Waals surface area (Å²) in [6.07, 6.45) is 1.92. The fraction of sp³-hybridized carbons (Fsp3) is 0.255. The highest BCUT2D eigenvalue weighted by Gasteiger charge is 2.29. The number of benzene rings is 4. The van der Waals surface area contributed by atoms with Crippen molar-refractivity contribution in [1.82, 2.24) is 52.1 Å². The van der Waals surface area contributed by atoms with Gasteiger partial charge in [-0.15, -0.1) is 0 Å². The Morgan fingerprint density at radius 2 is 1.18 bits per heavy atom. The summed E-state index contributed by atoms with van der Waals surface area (Å²) < 4.78 is 32.8. The fourth-order valence-corrected chi connectivity index (χ4v) is 7.53. The first-order valence-electron chi connectivity index (χ1n) is 21.6. The molecule has 0 saturated carbocycles. The molecule has 0 unspecified atom stereocenters. The van der Waals surface area contributed by atoms with Gasteiger partial charge in [-0.1, -0.05) is 71.7 Å². The molecule has 25 heteroatoms. The van der Waals surface area contributed by atoms with Gasteiger partial charge in [0.25, 0.3) is 5.91 Å². The van der Waals surface area contributed by atoms with Gasteiger partial charge in [0, 0.05) is 33.6 Å². The number of nitrogens with two attached hydrogens (primary N) is 1. The first-order chi connectivity index (χ1) is 34.4. The number of aliphatic carboxylic acids is 2. The Hall–Kier alpha value is -8.15. The minimum atomic E-state index is -1.40. The van der Waals surface area contributed by atoms with Crippen LogP contribution in [0.25, 0.3) is 22.3 Å². The maximum Gasteiger partial charge on any atom is 0.407 e. The Morgan fingerprint density at radius 1 is 0.681 bits per heavy atom. The van der Waals surface area contributed by atoms with Crippen molar-refractivity contribution in [3.8, 4) is 22.3 Å². The van der Waals surface area contributed by atoms with E-state index in [2.05, 4.69) is 56.8 Å². The van der Waals surface area contributed by atoms with Gasteiger partial charge in [-0.2, -0.15) is 30.8 Å². The number of nitrogens with one attached hydrogen (secondary N) is 6. The Bertz CT molecular complexity index is 2820. The average Bonchev–Trinajstić information content (AvgIpc) is 4.12. The maximum absolute atomic E-state index is 14.2. The minimum absolute atomic E-state index is 0.00463. The fourth-order valence-electron chi connectivity index (χ4n) is 7.19. The highest BCUT2D eigenvalue weighted by atomic mass is 35.5. The lowest BCUT2D eigenvalue weighted by molar-refractivity contribution is -0.142. The molecule has 0 fully saturated rings. The zero-order valence-electron chi connectivity index (χ0n) is 38.0. The van der Waals surface area contributed by atoms with Gasteiger partial charge < -0.3 is 42.0 Å².